The fraction of sp³-hybridized carbons (Fsp3) is 0.457. The van der Waals surface area contributed by atoms with Crippen molar-refractivity contribution in [1.82, 2.24) is 15.2 Å². The molecule has 4 N–H and O–H groups in total. The molecule has 4 unspecified atom stereocenters. The van der Waals surface area contributed by atoms with Crippen LogP contribution in [0.1, 0.15) is 91.7 Å². The number of carbonyl (C=O) groups excluding carboxylic acids is 2. The molecular formula is C35H42N4O4S2. The van der Waals surface area contributed by atoms with Gasteiger partial charge in [-0.25, -0.2) is 4.98 Å². The van der Waals surface area contributed by atoms with Crippen LogP contribution < -0.4 is 15.8 Å². The maximum atomic E-state index is 12.9. The number of rotatable bonds is 4. The van der Waals surface area contributed by atoms with Crippen molar-refractivity contribution in [2.45, 2.75) is 80.2 Å². The van der Waals surface area contributed by atoms with E-state index in [0.717, 1.165) is 67.4 Å². The number of phenolic OH excluding ortho intramolecular Hbond substituents is 1. The van der Waals surface area contributed by atoms with Crippen LogP contribution in [0.4, 0.5) is 5.82 Å². The van der Waals surface area contributed by atoms with Gasteiger partial charge in [-0.1, -0.05) is 66.0 Å². The lowest BCUT2D eigenvalue weighted by atomic mass is 9.83. The number of nitrogen functional groups attached to an aromatic ring is 1. The number of aromatic nitrogens is 1. The van der Waals surface area contributed by atoms with Crippen molar-refractivity contribution in [3.63, 3.8) is 0 Å². The van der Waals surface area contributed by atoms with Crippen molar-refractivity contribution in [2.24, 2.45) is 5.92 Å². The van der Waals surface area contributed by atoms with Gasteiger partial charge in [0.25, 0.3) is 0 Å². The summed E-state index contributed by atoms with van der Waals surface area (Å²) in [5.41, 5.74) is 10.2. The molecule has 2 aliphatic heterocycles. The lowest BCUT2D eigenvalue weighted by Crippen LogP contribution is -2.48. The molecule has 8 nitrogen and oxygen atoms in total. The number of hydrogen-bond donors (Lipinski definition) is 3. The zero-order valence-electron chi connectivity index (χ0n) is 25.9. The Kier molecular flexibility index (Phi) is 9.52. The van der Waals surface area contributed by atoms with Crippen LogP contribution in [0.5, 0.6) is 11.5 Å². The third-order valence-electron chi connectivity index (χ3n) is 9.85. The van der Waals surface area contributed by atoms with Gasteiger partial charge in [0.1, 0.15) is 11.6 Å². The Morgan fingerprint density at radius 3 is 2.69 bits per heavy atom. The number of ether oxygens (including phenoxy) is 1. The highest BCUT2D eigenvalue weighted by Gasteiger charge is 2.48. The van der Waals surface area contributed by atoms with E-state index in [0.29, 0.717) is 18.0 Å². The highest BCUT2D eigenvalue weighted by Crippen LogP contribution is 2.58. The van der Waals surface area contributed by atoms with Crippen molar-refractivity contribution < 1.29 is 19.4 Å². The molecule has 0 amide bonds. The number of fused-ring (bicyclic) bond motifs is 7. The molecule has 238 valence electrons. The van der Waals surface area contributed by atoms with Gasteiger partial charge in [-0.2, -0.15) is 0 Å². The molecule has 4 aliphatic rings. The standard InChI is InChI=1S/C35H42N4O4S2/c1-3-22-6-8-25(40)18-26(41)9-7-23-17-31(43-2)30(42)19-28(23)27-10-11-32(22)44-45-33(29-16-24(27)20-38-34(29)36)35(12-4-5-13-35)39-15-14-37-21-39/h7,9-11,14-17,19-20,22,27,32-33,37,42H,3-6,8,12-13,18,21H2,1-2H3,(H2,36,38). The second kappa shape index (κ2) is 13.5. The summed E-state index contributed by atoms with van der Waals surface area (Å²) in [6, 6.07) is 5.68. The second-order valence-electron chi connectivity index (χ2n) is 12.5. The van der Waals surface area contributed by atoms with E-state index in [1.807, 2.05) is 34.0 Å². The number of nitrogens with two attached hydrogens (primary N) is 1. The van der Waals surface area contributed by atoms with Gasteiger partial charge in [0.15, 0.2) is 17.3 Å². The van der Waals surface area contributed by atoms with Crippen LogP contribution in [-0.4, -0.2) is 51.1 Å². The molecule has 45 heavy (non-hydrogen) atoms. The van der Waals surface area contributed by atoms with E-state index in [2.05, 4.69) is 41.6 Å². The lowest BCUT2D eigenvalue weighted by molar-refractivity contribution is -0.124. The predicted octanol–water partition coefficient (Wildman–Crippen LogP) is 6.88. The highest BCUT2D eigenvalue weighted by molar-refractivity contribution is 8.77. The number of benzene rings is 1. The summed E-state index contributed by atoms with van der Waals surface area (Å²) in [6.07, 6.45) is 20.1. The first-order valence-corrected chi connectivity index (χ1v) is 18.2. The summed E-state index contributed by atoms with van der Waals surface area (Å²) in [5.74, 6) is 0.569. The quantitative estimate of drug-likeness (QED) is 0.184. The van der Waals surface area contributed by atoms with Crippen molar-refractivity contribution in [3.05, 3.63) is 77.3 Å². The van der Waals surface area contributed by atoms with E-state index in [1.54, 1.807) is 18.2 Å². The fourth-order valence-corrected chi connectivity index (χ4v) is 11.3. The Hall–Kier alpha value is -3.37. The van der Waals surface area contributed by atoms with Gasteiger partial charge in [-0.3, -0.25) is 9.59 Å². The maximum Gasteiger partial charge on any atom is 0.163 e. The highest BCUT2D eigenvalue weighted by atomic mass is 33.1. The first-order chi connectivity index (χ1) is 21.8. The Morgan fingerprint density at radius 2 is 1.96 bits per heavy atom. The van der Waals surface area contributed by atoms with E-state index < -0.39 is 0 Å². The number of carbonyl (C=O) groups is 2. The number of allylic oxidation sites excluding steroid dienone is 2. The van der Waals surface area contributed by atoms with E-state index >= 15 is 0 Å². The third kappa shape index (κ3) is 6.36. The van der Waals surface area contributed by atoms with Gasteiger partial charge < -0.3 is 25.8 Å². The first kappa shape index (κ1) is 31.6. The number of hydrogen-bond acceptors (Lipinski definition) is 10. The summed E-state index contributed by atoms with van der Waals surface area (Å²) < 4.78 is 5.45. The average Bonchev–Trinajstić information content (AvgIpc) is 3.75. The van der Waals surface area contributed by atoms with E-state index in [1.165, 1.54) is 13.2 Å². The van der Waals surface area contributed by atoms with Gasteiger partial charge in [-0.05, 0) is 66.1 Å². The summed E-state index contributed by atoms with van der Waals surface area (Å²) in [4.78, 5) is 33.0. The number of ketones is 2. The number of nitrogens with one attached hydrogen (secondary N) is 1. The van der Waals surface area contributed by atoms with Gasteiger partial charge in [0.05, 0.1) is 31.0 Å². The minimum atomic E-state index is -0.273. The Bertz CT molecular complexity index is 1530. The number of phenols is 1. The van der Waals surface area contributed by atoms with Crippen LogP contribution in [0.3, 0.4) is 0 Å². The Balaban J connectivity index is 1.57. The molecular weight excluding hydrogens is 605 g/mol. The fourth-order valence-electron chi connectivity index (χ4n) is 7.31. The molecule has 2 aromatic rings. The summed E-state index contributed by atoms with van der Waals surface area (Å²) >= 11 is 0. The van der Waals surface area contributed by atoms with Gasteiger partial charge in [-0.15, -0.1) is 0 Å². The minimum Gasteiger partial charge on any atom is -0.504 e. The number of pyridine rings is 1. The molecule has 0 spiro atoms. The molecule has 10 heteroatoms. The number of Topliss-reactive ketones (excluding diaryl/α,β-unsaturated/α-hetero) is 1. The number of nitrogens with zero attached hydrogens (tertiary/aromatic N) is 2. The van der Waals surface area contributed by atoms with Crippen LogP contribution in [0.15, 0.2) is 55.0 Å². The topological polar surface area (TPSA) is 118 Å². The molecule has 1 aromatic carbocycles. The normalized spacial score (nSPS) is 26.4. The average molecular weight is 647 g/mol. The van der Waals surface area contributed by atoms with Crippen molar-refractivity contribution >= 4 is 45.0 Å². The molecule has 0 radical (unpaired) electrons. The largest absolute Gasteiger partial charge is 0.504 e. The molecule has 1 aromatic heterocycles. The van der Waals surface area contributed by atoms with Gasteiger partial charge >= 0.3 is 0 Å². The molecule has 1 saturated carbocycles. The number of anilines is 1. The molecule has 4 bridgehead atoms. The number of aromatic hydroxyl groups is 1. The zero-order chi connectivity index (χ0) is 31.6. The molecule has 3 heterocycles. The zero-order valence-corrected chi connectivity index (χ0v) is 27.5. The summed E-state index contributed by atoms with van der Waals surface area (Å²) in [6.45, 7) is 2.95. The van der Waals surface area contributed by atoms with Crippen LogP contribution in [0.2, 0.25) is 0 Å². The monoisotopic (exact) mass is 646 g/mol. The molecule has 1 fully saturated rings. The van der Waals surface area contributed by atoms with Crippen LogP contribution in [0.25, 0.3) is 6.08 Å². The molecule has 0 saturated heterocycles. The second-order valence-corrected chi connectivity index (χ2v) is 15.0. The van der Waals surface area contributed by atoms with Gasteiger partial charge in [0, 0.05) is 41.7 Å². The van der Waals surface area contributed by atoms with Crippen LogP contribution in [-0.2, 0) is 9.59 Å². The maximum absolute atomic E-state index is 12.9. The Morgan fingerprint density at radius 1 is 1.13 bits per heavy atom. The lowest BCUT2D eigenvalue weighted by Gasteiger charge is -2.45. The first-order valence-electron chi connectivity index (χ1n) is 15.9. The van der Waals surface area contributed by atoms with E-state index in [-0.39, 0.29) is 51.6 Å². The van der Waals surface area contributed by atoms with Crippen molar-refractivity contribution in [3.8, 4) is 11.5 Å². The minimum absolute atomic E-state index is 0.0189. The predicted molar refractivity (Wildman–Crippen MR) is 183 cm³/mol. The molecule has 6 rings (SSSR count). The van der Waals surface area contributed by atoms with Crippen molar-refractivity contribution in [1.29, 1.82) is 0 Å². The summed E-state index contributed by atoms with van der Waals surface area (Å²) in [5, 5.41) is 14.5. The van der Waals surface area contributed by atoms with Crippen molar-refractivity contribution in [2.75, 3.05) is 19.5 Å². The SMILES string of the molecule is CCC1CCC(=O)CC(=O)C=Cc2cc(OC)c(O)cc2C2C=CC1SSC(C1(N3C=CNC3)CCCC1)c1cc2cnc1N. The van der Waals surface area contributed by atoms with E-state index in [4.69, 9.17) is 15.5 Å². The third-order valence-corrected chi connectivity index (χ3v) is 13.2. The van der Waals surface area contributed by atoms with Crippen LogP contribution in [0, 0.1) is 5.92 Å². The number of methoxy groups -OCH3 is 1. The Labute approximate surface area is 273 Å². The van der Waals surface area contributed by atoms with Crippen LogP contribution >= 0.6 is 21.6 Å². The van der Waals surface area contributed by atoms with Gasteiger partial charge in [0.2, 0.25) is 0 Å². The molecule has 4 atom stereocenters. The van der Waals surface area contributed by atoms with E-state index in [9.17, 15) is 14.7 Å². The molecule has 2 aliphatic carbocycles. The smallest absolute Gasteiger partial charge is 0.163 e. The summed E-state index contributed by atoms with van der Waals surface area (Å²) in [7, 11) is 5.26.